The lowest BCUT2D eigenvalue weighted by atomic mass is 9.99. The zero-order valence-electron chi connectivity index (χ0n) is 19.5. The van der Waals surface area contributed by atoms with Crippen molar-refractivity contribution in [2.24, 2.45) is 5.92 Å². The SMILES string of the molecule is Bc1cnn2c(NCC3CCCN(S(=O)(=O)c4cc(F)ccc4F)C3)cc(-c3ccccc3Cl)nc12. The van der Waals surface area contributed by atoms with E-state index in [0.29, 0.717) is 35.1 Å². The highest BCUT2D eigenvalue weighted by atomic mass is 35.5. The van der Waals surface area contributed by atoms with E-state index in [1.165, 1.54) is 4.31 Å². The van der Waals surface area contributed by atoms with E-state index < -0.39 is 26.6 Å². The molecule has 0 bridgehead atoms. The van der Waals surface area contributed by atoms with Crippen molar-refractivity contribution >= 4 is 46.4 Å². The second-order valence-corrected chi connectivity index (χ2v) is 11.2. The molecule has 2 aromatic carbocycles. The van der Waals surface area contributed by atoms with E-state index >= 15 is 0 Å². The first-order chi connectivity index (χ1) is 17.2. The number of piperidine rings is 1. The van der Waals surface area contributed by atoms with Crippen molar-refractivity contribution in [1.82, 2.24) is 18.9 Å². The van der Waals surface area contributed by atoms with Gasteiger partial charge in [0.1, 0.15) is 30.2 Å². The van der Waals surface area contributed by atoms with Crippen LogP contribution in [0.1, 0.15) is 12.8 Å². The molecule has 12 heteroatoms. The third-order valence-electron chi connectivity index (χ3n) is 6.36. The second kappa shape index (κ2) is 9.80. The molecule has 1 saturated heterocycles. The van der Waals surface area contributed by atoms with Gasteiger partial charge < -0.3 is 5.32 Å². The van der Waals surface area contributed by atoms with E-state index in [9.17, 15) is 17.2 Å². The number of anilines is 1. The summed E-state index contributed by atoms with van der Waals surface area (Å²) in [6, 6.07) is 11.8. The average molecular weight is 530 g/mol. The molecule has 0 spiro atoms. The van der Waals surface area contributed by atoms with Crippen LogP contribution in [0.5, 0.6) is 0 Å². The Morgan fingerprint density at radius 2 is 1.97 bits per heavy atom. The molecular formula is C24H23BClF2N5O2S. The first-order valence-corrected chi connectivity index (χ1v) is 13.3. The van der Waals surface area contributed by atoms with Gasteiger partial charge in [-0.15, -0.1) is 0 Å². The number of rotatable bonds is 6. The maximum absolute atomic E-state index is 14.2. The smallest absolute Gasteiger partial charge is 0.246 e. The highest BCUT2D eigenvalue weighted by molar-refractivity contribution is 7.89. The lowest BCUT2D eigenvalue weighted by Crippen LogP contribution is -2.42. The van der Waals surface area contributed by atoms with Gasteiger partial charge in [0, 0.05) is 42.5 Å². The Hall–Kier alpha value is -3.02. The zero-order chi connectivity index (χ0) is 25.4. The molecule has 1 aliphatic rings. The van der Waals surface area contributed by atoms with E-state index in [-0.39, 0.29) is 19.0 Å². The number of halogens is 3. The van der Waals surface area contributed by atoms with Crippen LogP contribution in [-0.4, -0.2) is 54.8 Å². The van der Waals surface area contributed by atoms with Crippen LogP contribution in [-0.2, 0) is 10.0 Å². The fraction of sp³-hybridized carbons (Fsp3) is 0.250. The summed E-state index contributed by atoms with van der Waals surface area (Å²) in [7, 11) is -2.24. The lowest BCUT2D eigenvalue weighted by molar-refractivity contribution is 0.274. The Balaban J connectivity index is 1.39. The lowest BCUT2D eigenvalue weighted by Gasteiger charge is -2.32. The Morgan fingerprint density at radius 1 is 1.17 bits per heavy atom. The minimum absolute atomic E-state index is 0.0474. The standard InChI is InChI=1S/C24H23BClF2N5O2S/c25-18-13-30-33-23(11-21(31-24(18)33)17-5-1-2-6-19(17)26)29-12-15-4-3-9-32(14-15)36(34,35)22-10-16(27)7-8-20(22)28/h1-2,5-8,10-11,13,15,29H,3-4,9,12,14,25H2. The van der Waals surface area contributed by atoms with E-state index in [0.717, 1.165) is 35.6 Å². The van der Waals surface area contributed by atoms with Gasteiger partial charge in [-0.05, 0) is 48.5 Å². The topological polar surface area (TPSA) is 79.6 Å². The van der Waals surface area contributed by atoms with Gasteiger partial charge in [0.25, 0.3) is 0 Å². The summed E-state index contributed by atoms with van der Waals surface area (Å²) in [5.41, 5.74) is 3.06. The molecule has 1 unspecified atom stereocenters. The Morgan fingerprint density at radius 3 is 2.78 bits per heavy atom. The van der Waals surface area contributed by atoms with Crippen LogP contribution in [0, 0.1) is 17.6 Å². The van der Waals surface area contributed by atoms with Crippen LogP contribution in [0.25, 0.3) is 16.9 Å². The summed E-state index contributed by atoms with van der Waals surface area (Å²) in [5.74, 6) is -1.11. The highest BCUT2D eigenvalue weighted by Crippen LogP contribution is 2.29. The summed E-state index contributed by atoms with van der Waals surface area (Å²) in [6.45, 7) is 0.899. The van der Waals surface area contributed by atoms with Crippen LogP contribution in [0.4, 0.5) is 14.6 Å². The number of hydrogen-bond donors (Lipinski definition) is 1. The van der Waals surface area contributed by atoms with Crippen molar-refractivity contribution < 1.29 is 17.2 Å². The normalized spacial score (nSPS) is 16.9. The molecule has 1 fully saturated rings. The van der Waals surface area contributed by atoms with Crippen molar-refractivity contribution in [2.45, 2.75) is 17.7 Å². The molecule has 186 valence electrons. The summed E-state index contributed by atoms with van der Waals surface area (Å²) in [6.07, 6.45) is 3.13. The summed E-state index contributed by atoms with van der Waals surface area (Å²) in [4.78, 5) is 4.10. The van der Waals surface area contributed by atoms with Gasteiger partial charge in [0.15, 0.2) is 5.65 Å². The van der Waals surface area contributed by atoms with Gasteiger partial charge in [0.05, 0.1) is 5.69 Å². The van der Waals surface area contributed by atoms with E-state index in [1.807, 2.05) is 32.1 Å². The van der Waals surface area contributed by atoms with E-state index in [2.05, 4.69) is 10.4 Å². The maximum atomic E-state index is 14.2. The van der Waals surface area contributed by atoms with Gasteiger partial charge in [0.2, 0.25) is 10.0 Å². The number of benzene rings is 2. The summed E-state index contributed by atoms with van der Waals surface area (Å²) < 4.78 is 56.9. The number of nitrogens with zero attached hydrogens (tertiary/aromatic N) is 4. The van der Waals surface area contributed by atoms with Crippen LogP contribution >= 0.6 is 11.6 Å². The summed E-state index contributed by atoms with van der Waals surface area (Å²) >= 11 is 6.41. The molecule has 1 aliphatic heterocycles. The highest BCUT2D eigenvalue weighted by Gasteiger charge is 2.32. The van der Waals surface area contributed by atoms with Gasteiger partial charge in [-0.2, -0.15) is 13.9 Å². The summed E-state index contributed by atoms with van der Waals surface area (Å²) in [5, 5.41) is 8.40. The van der Waals surface area contributed by atoms with Crippen LogP contribution in [0.3, 0.4) is 0 Å². The van der Waals surface area contributed by atoms with Crippen molar-refractivity contribution in [1.29, 1.82) is 0 Å². The molecule has 4 aromatic rings. The second-order valence-electron chi connectivity index (χ2n) is 8.90. The number of sulfonamides is 1. The largest absolute Gasteiger partial charge is 0.370 e. The third kappa shape index (κ3) is 4.70. The first-order valence-electron chi connectivity index (χ1n) is 11.5. The Labute approximate surface area is 213 Å². The number of nitrogens with one attached hydrogen (secondary N) is 1. The molecule has 7 nitrogen and oxygen atoms in total. The minimum atomic E-state index is -4.16. The van der Waals surface area contributed by atoms with Gasteiger partial charge >= 0.3 is 0 Å². The molecule has 0 aliphatic carbocycles. The minimum Gasteiger partial charge on any atom is -0.370 e. The van der Waals surface area contributed by atoms with Crippen LogP contribution in [0.2, 0.25) is 5.02 Å². The number of aromatic nitrogens is 3. The quantitative estimate of drug-likeness (QED) is 0.388. The molecule has 0 amide bonds. The van der Waals surface area contributed by atoms with Gasteiger partial charge in [-0.1, -0.05) is 29.8 Å². The van der Waals surface area contributed by atoms with Crippen LogP contribution < -0.4 is 10.8 Å². The van der Waals surface area contributed by atoms with Crippen molar-refractivity contribution in [3.63, 3.8) is 0 Å². The molecule has 0 radical (unpaired) electrons. The average Bonchev–Trinajstić information content (AvgIpc) is 3.25. The molecule has 0 saturated carbocycles. The molecule has 1 atom stereocenters. The molecule has 1 N–H and O–H groups in total. The number of fused-ring (bicyclic) bond motifs is 1. The van der Waals surface area contributed by atoms with Gasteiger partial charge in [-0.25, -0.2) is 22.2 Å². The molecule has 5 rings (SSSR count). The molecule has 3 heterocycles. The monoisotopic (exact) mass is 529 g/mol. The predicted octanol–water partition coefficient (Wildman–Crippen LogP) is 3.10. The van der Waals surface area contributed by atoms with Crippen LogP contribution in [0.15, 0.2) is 59.6 Å². The number of hydrogen-bond acceptors (Lipinski definition) is 5. The van der Waals surface area contributed by atoms with E-state index in [1.54, 1.807) is 16.8 Å². The van der Waals surface area contributed by atoms with Crippen molar-refractivity contribution in [2.75, 3.05) is 25.0 Å². The molecule has 36 heavy (non-hydrogen) atoms. The Bertz CT molecular complexity index is 1550. The van der Waals surface area contributed by atoms with Gasteiger partial charge in [-0.3, -0.25) is 0 Å². The fourth-order valence-corrected chi connectivity index (χ4v) is 6.34. The van der Waals surface area contributed by atoms with Crippen molar-refractivity contribution in [3.05, 3.63) is 71.4 Å². The first kappa shape index (κ1) is 24.7. The third-order valence-corrected chi connectivity index (χ3v) is 8.57. The fourth-order valence-electron chi connectivity index (χ4n) is 4.48. The van der Waals surface area contributed by atoms with Crippen molar-refractivity contribution in [3.8, 4) is 11.3 Å². The predicted molar refractivity (Wildman–Crippen MR) is 138 cm³/mol. The molecule has 2 aromatic heterocycles. The zero-order valence-corrected chi connectivity index (χ0v) is 21.0. The Kier molecular flexibility index (Phi) is 6.71. The molecular weight excluding hydrogens is 507 g/mol. The maximum Gasteiger partial charge on any atom is 0.246 e. The van der Waals surface area contributed by atoms with E-state index in [4.69, 9.17) is 16.6 Å².